The predicted molar refractivity (Wildman–Crippen MR) is 58.5 cm³/mol. The van der Waals surface area contributed by atoms with Gasteiger partial charge < -0.3 is 10.3 Å². The zero-order chi connectivity index (χ0) is 12.3. The van der Waals surface area contributed by atoms with Crippen LogP contribution in [0.1, 0.15) is 5.56 Å². The average molecular weight is 237 g/mol. The van der Waals surface area contributed by atoms with Crippen LogP contribution >= 0.6 is 0 Å². The van der Waals surface area contributed by atoms with Crippen molar-refractivity contribution < 1.29 is 8.78 Å². The molecule has 1 aromatic heterocycles. The van der Waals surface area contributed by atoms with Gasteiger partial charge in [-0.15, -0.1) is 0 Å². The summed E-state index contributed by atoms with van der Waals surface area (Å²) in [7, 11) is 0. The van der Waals surface area contributed by atoms with Crippen LogP contribution in [0, 0.1) is 11.6 Å². The van der Waals surface area contributed by atoms with Gasteiger partial charge in [0.15, 0.2) is 5.82 Å². The minimum absolute atomic E-state index is 0.0102. The van der Waals surface area contributed by atoms with Gasteiger partial charge in [-0.25, -0.2) is 13.8 Å². The van der Waals surface area contributed by atoms with Crippen LogP contribution in [0.4, 0.5) is 14.6 Å². The molecule has 2 aromatic rings. The highest BCUT2D eigenvalue weighted by molar-refractivity contribution is 5.32. The third-order valence-electron chi connectivity index (χ3n) is 2.16. The van der Waals surface area contributed by atoms with E-state index in [0.29, 0.717) is 0 Å². The van der Waals surface area contributed by atoms with E-state index in [-0.39, 0.29) is 17.9 Å². The molecular formula is C11H9F2N3O. The first kappa shape index (κ1) is 11.3. The van der Waals surface area contributed by atoms with Gasteiger partial charge in [-0.3, -0.25) is 4.79 Å². The second-order valence-electron chi connectivity index (χ2n) is 3.36. The minimum atomic E-state index is -0.536. The quantitative estimate of drug-likeness (QED) is 0.853. The molecule has 1 heterocycles. The monoisotopic (exact) mass is 237 g/mol. The Kier molecular flexibility index (Phi) is 3.13. The summed E-state index contributed by atoms with van der Waals surface area (Å²) in [6.45, 7) is -0.0102. The van der Waals surface area contributed by atoms with E-state index in [1.807, 2.05) is 0 Å². The van der Waals surface area contributed by atoms with Gasteiger partial charge in [0.2, 0.25) is 0 Å². The molecule has 0 atom stereocenters. The summed E-state index contributed by atoms with van der Waals surface area (Å²) in [5.41, 5.74) is -0.278. The fraction of sp³-hybridized carbons (Fsp3) is 0.0909. The molecule has 1 aromatic carbocycles. The molecule has 0 unspecified atom stereocenters. The van der Waals surface area contributed by atoms with Crippen molar-refractivity contribution in [2.45, 2.75) is 6.54 Å². The topological polar surface area (TPSA) is 57.8 Å². The normalized spacial score (nSPS) is 10.2. The maximum absolute atomic E-state index is 13.3. The third-order valence-corrected chi connectivity index (χ3v) is 2.16. The highest BCUT2D eigenvalue weighted by atomic mass is 19.1. The maximum Gasteiger partial charge on any atom is 0.290 e. The van der Waals surface area contributed by atoms with E-state index in [4.69, 9.17) is 0 Å². The van der Waals surface area contributed by atoms with Crippen molar-refractivity contribution in [1.29, 1.82) is 0 Å². The summed E-state index contributed by atoms with van der Waals surface area (Å²) < 4.78 is 26.1. The first-order valence-corrected chi connectivity index (χ1v) is 4.88. The van der Waals surface area contributed by atoms with Gasteiger partial charge in [0.25, 0.3) is 5.56 Å². The van der Waals surface area contributed by atoms with Crippen LogP contribution in [0.2, 0.25) is 0 Å². The Morgan fingerprint density at radius 3 is 2.94 bits per heavy atom. The molecule has 17 heavy (non-hydrogen) atoms. The minimum Gasteiger partial charge on any atom is -0.361 e. The molecule has 0 aliphatic rings. The maximum atomic E-state index is 13.3. The molecule has 88 valence electrons. The van der Waals surface area contributed by atoms with E-state index in [1.54, 1.807) is 0 Å². The molecular weight excluding hydrogens is 228 g/mol. The number of aromatic nitrogens is 2. The molecule has 0 amide bonds. The van der Waals surface area contributed by atoms with Crippen LogP contribution in [0.15, 0.2) is 35.4 Å². The lowest BCUT2D eigenvalue weighted by molar-refractivity contribution is 0.587. The molecule has 0 radical (unpaired) electrons. The molecule has 0 saturated carbocycles. The second-order valence-corrected chi connectivity index (χ2v) is 3.36. The molecule has 2 rings (SSSR count). The number of anilines is 1. The molecule has 0 saturated heterocycles. The van der Waals surface area contributed by atoms with Crippen molar-refractivity contribution in [2.24, 2.45) is 0 Å². The fourth-order valence-electron chi connectivity index (χ4n) is 1.34. The SMILES string of the molecule is O=c1[nH]ccnc1NCc1cc(F)ccc1F. The zero-order valence-electron chi connectivity index (χ0n) is 8.71. The molecule has 0 spiro atoms. The highest BCUT2D eigenvalue weighted by Crippen LogP contribution is 2.10. The van der Waals surface area contributed by atoms with Gasteiger partial charge in [0.05, 0.1) is 0 Å². The Morgan fingerprint density at radius 1 is 1.35 bits per heavy atom. The number of rotatable bonds is 3. The van der Waals surface area contributed by atoms with Crippen LogP contribution in [-0.4, -0.2) is 9.97 Å². The van der Waals surface area contributed by atoms with E-state index in [0.717, 1.165) is 18.2 Å². The number of aromatic amines is 1. The fourth-order valence-corrected chi connectivity index (χ4v) is 1.34. The number of nitrogens with zero attached hydrogens (tertiary/aromatic N) is 1. The van der Waals surface area contributed by atoms with Crippen LogP contribution < -0.4 is 10.9 Å². The van der Waals surface area contributed by atoms with Crippen LogP contribution in [0.3, 0.4) is 0 Å². The van der Waals surface area contributed by atoms with Crippen LogP contribution in [0.5, 0.6) is 0 Å². The van der Waals surface area contributed by atoms with Gasteiger partial charge in [-0.1, -0.05) is 0 Å². The molecule has 6 heteroatoms. The van der Waals surface area contributed by atoms with Crippen molar-refractivity contribution in [3.63, 3.8) is 0 Å². The van der Waals surface area contributed by atoms with Crippen molar-refractivity contribution in [3.05, 3.63) is 58.1 Å². The standard InChI is InChI=1S/C11H9F2N3O/c12-8-1-2-9(13)7(5-8)6-16-10-11(17)15-4-3-14-10/h1-5H,6H2,(H,14,16)(H,15,17). The van der Waals surface area contributed by atoms with Gasteiger partial charge in [-0.2, -0.15) is 0 Å². The van der Waals surface area contributed by atoms with Crippen molar-refractivity contribution >= 4 is 5.82 Å². The molecule has 2 N–H and O–H groups in total. The number of H-pyrrole nitrogens is 1. The molecule has 0 fully saturated rings. The first-order valence-electron chi connectivity index (χ1n) is 4.88. The predicted octanol–water partition coefficient (Wildman–Crippen LogP) is 1.66. The molecule has 4 nitrogen and oxygen atoms in total. The van der Waals surface area contributed by atoms with E-state index < -0.39 is 17.2 Å². The summed E-state index contributed by atoms with van der Waals surface area (Å²) in [5.74, 6) is -0.999. The number of benzene rings is 1. The Hall–Kier alpha value is -2.24. The van der Waals surface area contributed by atoms with Gasteiger partial charge in [0, 0.05) is 24.5 Å². The highest BCUT2D eigenvalue weighted by Gasteiger charge is 2.05. The van der Waals surface area contributed by atoms with Gasteiger partial charge in [0.1, 0.15) is 11.6 Å². The molecule has 0 aliphatic carbocycles. The largest absolute Gasteiger partial charge is 0.361 e. The van der Waals surface area contributed by atoms with E-state index in [9.17, 15) is 13.6 Å². The summed E-state index contributed by atoms with van der Waals surface area (Å²) in [4.78, 5) is 17.4. The van der Waals surface area contributed by atoms with Crippen LogP contribution in [0.25, 0.3) is 0 Å². The van der Waals surface area contributed by atoms with Crippen molar-refractivity contribution in [3.8, 4) is 0 Å². The number of hydrogen-bond acceptors (Lipinski definition) is 3. The van der Waals surface area contributed by atoms with Gasteiger partial charge in [-0.05, 0) is 18.2 Å². The summed E-state index contributed by atoms with van der Waals surface area (Å²) in [5, 5.41) is 2.64. The lowest BCUT2D eigenvalue weighted by Gasteiger charge is -2.05. The van der Waals surface area contributed by atoms with E-state index in [2.05, 4.69) is 15.3 Å². The van der Waals surface area contributed by atoms with E-state index >= 15 is 0 Å². The molecule has 0 bridgehead atoms. The lowest BCUT2D eigenvalue weighted by Crippen LogP contribution is -2.15. The Bertz CT molecular complexity index is 583. The van der Waals surface area contributed by atoms with Crippen molar-refractivity contribution in [2.75, 3.05) is 5.32 Å². The second kappa shape index (κ2) is 4.73. The van der Waals surface area contributed by atoms with Crippen LogP contribution in [-0.2, 0) is 6.54 Å². The summed E-state index contributed by atoms with van der Waals surface area (Å²) >= 11 is 0. The smallest absolute Gasteiger partial charge is 0.290 e. The third kappa shape index (κ3) is 2.66. The number of hydrogen-bond donors (Lipinski definition) is 2. The Labute approximate surface area is 95.3 Å². The molecule has 0 aliphatic heterocycles. The summed E-state index contributed by atoms with van der Waals surface area (Å²) in [6, 6.07) is 3.14. The lowest BCUT2D eigenvalue weighted by atomic mass is 10.2. The Balaban J connectivity index is 2.15. The Morgan fingerprint density at radius 2 is 2.18 bits per heavy atom. The number of nitrogens with one attached hydrogen (secondary N) is 2. The first-order chi connectivity index (χ1) is 8.16. The number of halogens is 2. The van der Waals surface area contributed by atoms with E-state index in [1.165, 1.54) is 12.4 Å². The zero-order valence-corrected chi connectivity index (χ0v) is 8.71. The van der Waals surface area contributed by atoms with Gasteiger partial charge >= 0.3 is 0 Å². The van der Waals surface area contributed by atoms with Crippen molar-refractivity contribution in [1.82, 2.24) is 9.97 Å². The average Bonchev–Trinajstić information content (AvgIpc) is 2.32. The summed E-state index contributed by atoms with van der Waals surface area (Å²) in [6.07, 6.45) is 2.78.